The van der Waals surface area contributed by atoms with Crippen molar-refractivity contribution in [2.45, 2.75) is 77.7 Å². The molecule has 37 heavy (non-hydrogen) atoms. The second-order valence-corrected chi connectivity index (χ2v) is 10.8. The minimum atomic E-state index is -4.32. The molecule has 0 spiro atoms. The molecule has 0 radical (unpaired) electrons. The molecule has 3 heterocycles. The second kappa shape index (κ2) is 10.7. The maximum atomic E-state index is 13.2. The fraction of sp³-hybridized carbons (Fsp3) is 0.607. The fourth-order valence-electron chi connectivity index (χ4n) is 6.05. The standard InChI is InChI=1S/C28H38F3N5O/c1-6-24(22-7-9-23(10-8-22)28(29,30)31)36-16-15-35(17-19(36)2)27(5)11-13-34(14-12-27)26(37)25-20(3)32-18-33-21(25)4/h7-10,18-19,24H,6,11-17H2,1-5H3. The van der Waals surface area contributed by atoms with Gasteiger partial charge in [0.25, 0.3) is 5.91 Å². The van der Waals surface area contributed by atoms with Gasteiger partial charge in [-0.3, -0.25) is 14.6 Å². The van der Waals surface area contributed by atoms with Gasteiger partial charge in [-0.1, -0.05) is 19.1 Å². The lowest BCUT2D eigenvalue weighted by Gasteiger charge is -2.53. The summed E-state index contributed by atoms with van der Waals surface area (Å²) in [5, 5.41) is 0. The van der Waals surface area contributed by atoms with Crippen LogP contribution in [0.5, 0.6) is 0 Å². The van der Waals surface area contributed by atoms with Gasteiger partial charge in [0, 0.05) is 50.3 Å². The Morgan fingerprint density at radius 2 is 1.65 bits per heavy atom. The summed E-state index contributed by atoms with van der Waals surface area (Å²) in [7, 11) is 0. The van der Waals surface area contributed by atoms with Gasteiger partial charge < -0.3 is 4.90 Å². The number of nitrogens with zero attached hydrogens (tertiary/aromatic N) is 5. The van der Waals surface area contributed by atoms with Gasteiger partial charge in [0.05, 0.1) is 22.5 Å². The Morgan fingerprint density at radius 3 is 2.16 bits per heavy atom. The number of aromatic nitrogens is 2. The fourth-order valence-corrected chi connectivity index (χ4v) is 6.05. The first-order chi connectivity index (χ1) is 17.4. The Bertz CT molecular complexity index is 1080. The third kappa shape index (κ3) is 5.67. The van der Waals surface area contributed by atoms with Crippen LogP contribution in [0, 0.1) is 13.8 Å². The van der Waals surface area contributed by atoms with Gasteiger partial charge in [0.2, 0.25) is 0 Å². The van der Waals surface area contributed by atoms with Crippen LogP contribution in [0.2, 0.25) is 0 Å². The molecule has 6 nitrogen and oxygen atoms in total. The Hall–Kier alpha value is -2.52. The summed E-state index contributed by atoms with van der Waals surface area (Å²) in [6.07, 6.45) is -0.190. The number of rotatable bonds is 5. The first-order valence-electron chi connectivity index (χ1n) is 13.2. The van der Waals surface area contributed by atoms with E-state index in [-0.39, 0.29) is 23.5 Å². The minimum Gasteiger partial charge on any atom is -0.338 e. The van der Waals surface area contributed by atoms with Crippen LogP contribution in [0.1, 0.15) is 78.9 Å². The van der Waals surface area contributed by atoms with Crippen molar-refractivity contribution >= 4 is 5.91 Å². The first-order valence-corrected chi connectivity index (χ1v) is 13.2. The van der Waals surface area contributed by atoms with Crippen LogP contribution in [-0.4, -0.2) is 74.9 Å². The quantitative estimate of drug-likeness (QED) is 0.541. The van der Waals surface area contributed by atoms with Crippen LogP contribution >= 0.6 is 0 Å². The van der Waals surface area contributed by atoms with E-state index in [0.717, 1.165) is 44.5 Å². The van der Waals surface area contributed by atoms with E-state index in [9.17, 15) is 18.0 Å². The SMILES string of the molecule is CCC(c1ccc(C(F)(F)F)cc1)N1CCN(C2(C)CCN(C(=O)c3c(C)ncnc3C)CC2)CC1C. The lowest BCUT2D eigenvalue weighted by atomic mass is 9.85. The molecule has 202 valence electrons. The summed E-state index contributed by atoms with van der Waals surface area (Å²) in [5.74, 6) is 0.0122. The number of amides is 1. The topological polar surface area (TPSA) is 52.6 Å². The Labute approximate surface area is 217 Å². The van der Waals surface area contributed by atoms with Gasteiger partial charge in [0.15, 0.2) is 0 Å². The van der Waals surface area contributed by atoms with Crippen molar-refractivity contribution in [2.24, 2.45) is 0 Å². The van der Waals surface area contributed by atoms with Crippen LogP contribution in [-0.2, 0) is 6.18 Å². The number of benzene rings is 1. The van der Waals surface area contributed by atoms with E-state index in [0.29, 0.717) is 30.0 Å². The molecule has 2 saturated heterocycles. The first kappa shape index (κ1) is 27.5. The monoisotopic (exact) mass is 517 g/mol. The number of carbonyl (C=O) groups is 1. The smallest absolute Gasteiger partial charge is 0.338 e. The summed E-state index contributed by atoms with van der Waals surface area (Å²) in [5.41, 5.74) is 2.38. The minimum absolute atomic E-state index is 0.00444. The number of halogens is 3. The molecule has 4 rings (SSSR count). The van der Waals surface area contributed by atoms with Gasteiger partial charge >= 0.3 is 6.18 Å². The van der Waals surface area contributed by atoms with Crippen molar-refractivity contribution in [1.29, 1.82) is 0 Å². The molecule has 1 amide bonds. The Kier molecular flexibility index (Phi) is 7.95. The maximum Gasteiger partial charge on any atom is 0.416 e. The highest BCUT2D eigenvalue weighted by Gasteiger charge is 2.41. The summed E-state index contributed by atoms with van der Waals surface area (Å²) in [6.45, 7) is 14.4. The Morgan fingerprint density at radius 1 is 1.05 bits per heavy atom. The van der Waals surface area contributed by atoms with Gasteiger partial charge in [-0.05, 0) is 64.7 Å². The molecule has 2 aliphatic heterocycles. The highest BCUT2D eigenvalue weighted by Crippen LogP contribution is 2.36. The van der Waals surface area contributed by atoms with Crippen LogP contribution in [0.15, 0.2) is 30.6 Å². The molecule has 0 saturated carbocycles. The molecular weight excluding hydrogens is 479 g/mol. The van der Waals surface area contributed by atoms with E-state index in [4.69, 9.17) is 0 Å². The van der Waals surface area contributed by atoms with E-state index in [1.165, 1.54) is 18.5 Å². The molecule has 2 aromatic rings. The summed E-state index contributed by atoms with van der Waals surface area (Å²) in [6, 6.07) is 6.01. The summed E-state index contributed by atoms with van der Waals surface area (Å²) >= 11 is 0. The number of aryl methyl sites for hydroxylation is 2. The number of hydrogen-bond acceptors (Lipinski definition) is 5. The van der Waals surface area contributed by atoms with Crippen LogP contribution in [0.4, 0.5) is 13.2 Å². The van der Waals surface area contributed by atoms with E-state index in [2.05, 4.69) is 40.5 Å². The van der Waals surface area contributed by atoms with E-state index in [1.807, 2.05) is 18.7 Å². The predicted octanol–water partition coefficient (Wildman–Crippen LogP) is 5.26. The normalized spacial score (nSPS) is 22.2. The van der Waals surface area contributed by atoms with Crippen molar-refractivity contribution in [1.82, 2.24) is 24.7 Å². The number of hydrogen-bond donors (Lipinski definition) is 0. The molecule has 0 N–H and O–H groups in total. The zero-order valence-electron chi connectivity index (χ0n) is 22.5. The predicted molar refractivity (Wildman–Crippen MR) is 137 cm³/mol. The van der Waals surface area contributed by atoms with Crippen molar-refractivity contribution in [3.05, 3.63) is 58.7 Å². The maximum absolute atomic E-state index is 13.2. The molecule has 2 aliphatic rings. The number of carbonyl (C=O) groups excluding carboxylic acids is 1. The highest BCUT2D eigenvalue weighted by atomic mass is 19.4. The van der Waals surface area contributed by atoms with Gasteiger partial charge in [-0.2, -0.15) is 13.2 Å². The number of alkyl halides is 3. The average Bonchev–Trinajstić information content (AvgIpc) is 2.85. The highest BCUT2D eigenvalue weighted by molar-refractivity contribution is 5.96. The van der Waals surface area contributed by atoms with Gasteiger partial charge in [0.1, 0.15) is 6.33 Å². The molecule has 9 heteroatoms. The van der Waals surface area contributed by atoms with Gasteiger partial charge in [-0.25, -0.2) is 9.97 Å². The van der Waals surface area contributed by atoms with E-state index in [1.54, 1.807) is 12.1 Å². The zero-order valence-corrected chi connectivity index (χ0v) is 22.5. The number of piperazine rings is 1. The van der Waals surface area contributed by atoms with Crippen LogP contribution in [0.3, 0.4) is 0 Å². The van der Waals surface area contributed by atoms with E-state index >= 15 is 0 Å². The summed E-state index contributed by atoms with van der Waals surface area (Å²) < 4.78 is 39.1. The molecule has 2 atom stereocenters. The molecular formula is C28H38F3N5O. The second-order valence-electron chi connectivity index (χ2n) is 10.8. The third-order valence-electron chi connectivity index (χ3n) is 8.42. The molecule has 0 aliphatic carbocycles. The lowest BCUT2D eigenvalue weighted by molar-refractivity contribution is -0.137. The van der Waals surface area contributed by atoms with Crippen molar-refractivity contribution in [2.75, 3.05) is 32.7 Å². The molecule has 2 fully saturated rings. The molecule has 1 aromatic heterocycles. The lowest BCUT2D eigenvalue weighted by Crippen LogP contribution is -2.62. The van der Waals surface area contributed by atoms with Crippen molar-refractivity contribution in [3.63, 3.8) is 0 Å². The number of piperidine rings is 1. The number of likely N-dealkylation sites (tertiary alicyclic amines) is 1. The van der Waals surface area contributed by atoms with Crippen molar-refractivity contribution < 1.29 is 18.0 Å². The van der Waals surface area contributed by atoms with Crippen molar-refractivity contribution in [3.8, 4) is 0 Å². The van der Waals surface area contributed by atoms with Gasteiger partial charge in [-0.15, -0.1) is 0 Å². The van der Waals surface area contributed by atoms with Crippen LogP contribution < -0.4 is 0 Å². The molecule has 1 aromatic carbocycles. The van der Waals surface area contributed by atoms with E-state index < -0.39 is 11.7 Å². The largest absolute Gasteiger partial charge is 0.416 e. The summed E-state index contributed by atoms with van der Waals surface area (Å²) in [4.78, 5) is 28.5. The molecule has 0 bridgehead atoms. The average molecular weight is 518 g/mol. The molecule has 2 unspecified atom stereocenters. The third-order valence-corrected chi connectivity index (χ3v) is 8.42. The van der Waals surface area contributed by atoms with Crippen LogP contribution in [0.25, 0.3) is 0 Å². The Balaban J connectivity index is 1.38. The zero-order chi connectivity index (χ0) is 27.0.